The number of thiophene rings is 1. The molecule has 116 valence electrons. The zero-order valence-corrected chi connectivity index (χ0v) is 13.9. The number of carbonyl (C=O) groups is 2. The van der Waals surface area contributed by atoms with E-state index in [2.05, 4.69) is 15.5 Å². The maximum atomic E-state index is 12.1. The predicted molar refractivity (Wildman–Crippen MR) is 91.4 cm³/mol. The molecule has 0 aliphatic carbocycles. The first-order chi connectivity index (χ1) is 11.1. The summed E-state index contributed by atoms with van der Waals surface area (Å²) in [5, 5.41) is 12.1. The summed E-state index contributed by atoms with van der Waals surface area (Å²) < 4.78 is 0. The van der Waals surface area contributed by atoms with Gasteiger partial charge >= 0.3 is 0 Å². The second-order valence-electron chi connectivity index (χ2n) is 4.84. The van der Waals surface area contributed by atoms with Crippen molar-refractivity contribution in [3.63, 3.8) is 0 Å². The van der Waals surface area contributed by atoms with Crippen LogP contribution in [0.2, 0.25) is 0 Å². The van der Waals surface area contributed by atoms with Gasteiger partial charge in [-0.2, -0.15) is 0 Å². The van der Waals surface area contributed by atoms with Crippen LogP contribution in [0.5, 0.6) is 0 Å². The van der Waals surface area contributed by atoms with Crippen molar-refractivity contribution in [3.8, 4) is 0 Å². The van der Waals surface area contributed by atoms with Crippen molar-refractivity contribution in [2.45, 2.75) is 13.3 Å². The summed E-state index contributed by atoms with van der Waals surface area (Å²) in [6.07, 6.45) is 0.682. The van der Waals surface area contributed by atoms with Crippen molar-refractivity contribution in [3.05, 3.63) is 62.8 Å². The first-order valence-electron chi connectivity index (χ1n) is 6.90. The van der Waals surface area contributed by atoms with E-state index >= 15 is 0 Å². The molecule has 0 aliphatic heterocycles. The number of anilines is 1. The van der Waals surface area contributed by atoms with Crippen LogP contribution in [0.25, 0.3) is 0 Å². The van der Waals surface area contributed by atoms with Gasteiger partial charge in [-0.1, -0.05) is 41.7 Å². The lowest BCUT2D eigenvalue weighted by Gasteiger charge is -1.97. The Morgan fingerprint density at radius 1 is 1.00 bits per heavy atom. The van der Waals surface area contributed by atoms with Gasteiger partial charge in [-0.3, -0.25) is 14.9 Å². The van der Waals surface area contributed by atoms with Crippen molar-refractivity contribution in [2.24, 2.45) is 0 Å². The highest BCUT2D eigenvalue weighted by Gasteiger charge is 2.14. The molecule has 23 heavy (non-hydrogen) atoms. The number of ketones is 1. The van der Waals surface area contributed by atoms with Crippen LogP contribution in [0.1, 0.15) is 36.8 Å². The first kappa shape index (κ1) is 15.5. The minimum absolute atomic E-state index is 0.0462. The standard InChI is InChI=1S/C16H13N3O2S2/c1-10(20)12-7-8-13(22-12)15(21)17-16-19-18-14(23-16)9-11-5-3-2-4-6-11/h2-8H,9H2,1H3,(H,17,19,21). The molecule has 0 spiro atoms. The lowest BCUT2D eigenvalue weighted by Crippen LogP contribution is -2.09. The number of benzene rings is 1. The molecule has 5 nitrogen and oxygen atoms in total. The number of nitrogens with zero attached hydrogens (tertiary/aromatic N) is 2. The monoisotopic (exact) mass is 343 g/mol. The van der Waals surface area contributed by atoms with Crippen LogP contribution in [0, 0.1) is 0 Å². The summed E-state index contributed by atoms with van der Waals surface area (Å²) in [4.78, 5) is 24.5. The van der Waals surface area contributed by atoms with Crippen molar-refractivity contribution < 1.29 is 9.59 Å². The Bertz CT molecular complexity index is 840. The van der Waals surface area contributed by atoms with Crippen LogP contribution < -0.4 is 5.32 Å². The van der Waals surface area contributed by atoms with E-state index in [0.717, 1.165) is 10.6 Å². The minimum Gasteiger partial charge on any atom is -0.296 e. The van der Waals surface area contributed by atoms with Crippen molar-refractivity contribution in [2.75, 3.05) is 5.32 Å². The number of rotatable bonds is 5. The van der Waals surface area contributed by atoms with E-state index in [4.69, 9.17) is 0 Å². The number of amides is 1. The molecule has 0 atom stereocenters. The molecule has 7 heteroatoms. The van der Waals surface area contributed by atoms with Gasteiger partial charge in [0.2, 0.25) is 5.13 Å². The fraction of sp³-hybridized carbons (Fsp3) is 0.125. The summed E-state index contributed by atoms with van der Waals surface area (Å²) in [7, 11) is 0. The zero-order chi connectivity index (χ0) is 16.2. The smallest absolute Gasteiger partial charge is 0.267 e. The molecule has 0 radical (unpaired) electrons. The molecule has 3 rings (SSSR count). The molecule has 0 saturated heterocycles. The molecule has 1 N–H and O–H groups in total. The Balaban J connectivity index is 1.66. The normalized spacial score (nSPS) is 10.5. The van der Waals surface area contributed by atoms with Gasteiger partial charge in [-0.15, -0.1) is 21.5 Å². The number of carbonyl (C=O) groups excluding carboxylic acids is 2. The SMILES string of the molecule is CC(=O)c1ccc(C(=O)Nc2nnc(Cc3ccccc3)s2)s1. The molecule has 2 aromatic heterocycles. The molecule has 0 unspecified atom stereocenters. The maximum absolute atomic E-state index is 12.1. The lowest BCUT2D eigenvalue weighted by atomic mass is 10.2. The fourth-order valence-corrected chi connectivity index (χ4v) is 3.52. The van der Waals surface area contributed by atoms with E-state index in [-0.39, 0.29) is 11.7 Å². The lowest BCUT2D eigenvalue weighted by molar-refractivity contribution is 0.101. The Hall–Kier alpha value is -2.38. The average Bonchev–Trinajstić information content (AvgIpc) is 3.18. The number of nitrogens with one attached hydrogen (secondary N) is 1. The Morgan fingerprint density at radius 3 is 2.43 bits per heavy atom. The van der Waals surface area contributed by atoms with Crippen molar-refractivity contribution >= 4 is 39.5 Å². The van der Waals surface area contributed by atoms with E-state index in [0.29, 0.717) is 21.3 Å². The van der Waals surface area contributed by atoms with Gasteiger partial charge in [-0.25, -0.2) is 0 Å². The molecule has 3 aromatic rings. The van der Waals surface area contributed by atoms with Crippen LogP contribution in [-0.4, -0.2) is 21.9 Å². The van der Waals surface area contributed by atoms with Crippen LogP contribution in [-0.2, 0) is 6.42 Å². The number of hydrogen-bond donors (Lipinski definition) is 1. The van der Waals surface area contributed by atoms with Crippen LogP contribution in [0.3, 0.4) is 0 Å². The second kappa shape index (κ2) is 6.80. The van der Waals surface area contributed by atoms with Gasteiger partial charge in [0.1, 0.15) is 5.01 Å². The zero-order valence-electron chi connectivity index (χ0n) is 12.3. The molecule has 0 saturated carbocycles. The van der Waals surface area contributed by atoms with E-state index in [1.807, 2.05) is 30.3 Å². The third kappa shape index (κ3) is 3.88. The van der Waals surface area contributed by atoms with Crippen LogP contribution >= 0.6 is 22.7 Å². The van der Waals surface area contributed by atoms with Gasteiger partial charge in [0, 0.05) is 6.42 Å². The third-order valence-electron chi connectivity index (χ3n) is 3.06. The largest absolute Gasteiger partial charge is 0.296 e. The molecule has 1 amide bonds. The highest BCUT2D eigenvalue weighted by Crippen LogP contribution is 2.22. The first-order valence-corrected chi connectivity index (χ1v) is 8.53. The summed E-state index contributed by atoms with van der Waals surface area (Å²) in [5.74, 6) is -0.319. The molecule has 1 aromatic carbocycles. The number of Topliss-reactive ketones (excluding diaryl/α,β-unsaturated/α-hetero) is 1. The second-order valence-corrected chi connectivity index (χ2v) is 6.98. The Labute approximate surface area is 141 Å². The molecule has 2 heterocycles. The van der Waals surface area contributed by atoms with E-state index in [1.165, 1.54) is 29.6 Å². The molecule has 0 aliphatic rings. The molecular weight excluding hydrogens is 330 g/mol. The van der Waals surface area contributed by atoms with Crippen LogP contribution in [0.4, 0.5) is 5.13 Å². The minimum atomic E-state index is -0.273. The summed E-state index contributed by atoms with van der Waals surface area (Å²) in [6, 6.07) is 13.3. The van der Waals surface area contributed by atoms with Crippen molar-refractivity contribution in [1.82, 2.24) is 10.2 Å². The average molecular weight is 343 g/mol. The quantitative estimate of drug-likeness (QED) is 0.718. The maximum Gasteiger partial charge on any atom is 0.267 e. The van der Waals surface area contributed by atoms with Gasteiger partial charge in [0.05, 0.1) is 9.75 Å². The topological polar surface area (TPSA) is 72.0 Å². The van der Waals surface area contributed by atoms with E-state index in [1.54, 1.807) is 12.1 Å². The third-order valence-corrected chi connectivity index (χ3v) is 5.09. The van der Waals surface area contributed by atoms with E-state index in [9.17, 15) is 9.59 Å². The molecular formula is C16H13N3O2S2. The Morgan fingerprint density at radius 2 is 1.74 bits per heavy atom. The number of aromatic nitrogens is 2. The van der Waals surface area contributed by atoms with Crippen LogP contribution in [0.15, 0.2) is 42.5 Å². The highest BCUT2D eigenvalue weighted by atomic mass is 32.1. The van der Waals surface area contributed by atoms with Crippen molar-refractivity contribution in [1.29, 1.82) is 0 Å². The van der Waals surface area contributed by atoms with Gasteiger partial charge < -0.3 is 0 Å². The Kier molecular flexibility index (Phi) is 4.59. The van der Waals surface area contributed by atoms with Gasteiger partial charge in [0.25, 0.3) is 5.91 Å². The van der Waals surface area contributed by atoms with Gasteiger partial charge in [0.15, 0.2) is 5.78 Å². The summed E-state index contributed by atoms with van der Waals surface area (Å²) in [5.41, 5.74) is 1.14. The fourth-order valence-electron chi connectivity index (χ4n) is 1.95. The summed E-state index contributed by atoms with van der Waals surface area (Å²) in [6.45, 7) is 1.48. The molecule has 0 bridgehead atoms. The highest BCUT2D eigenvalue weighted by molar-refractivity contribution is 7.17. The predicted octanol–water partition coefficient (Wildman–Crippen LogP) is 3.65. The summed E-state index contributed by atoms with van der Waals surface area (Å²) >= 11 is 2.52. The van der Waals surface area contributed by atoms with E-state index < -0.39 is 0 Å². The van der Waals surface area contributed by atoms with Gasteiger partial charge in [-0.05, 0) is 24.6 Å². The number of hydrogen-bond acceptors (Lipinski definition) is 6. The molecule has 0 fully saturated rings.